The van der Waals surface area contributed by atoms with Gasteiger partial charge in [-0.15, -0.1) is 0 Å². The zero-order chi connectivity index (χ0) is 21.8. The largest absolute Gasteiger partial charge is 0.491 e. The molecule has 164 valence electrons. The lowest BCUT2D eigenvalue weighted by Crippen LogP contribution is -2.40. The Kier molecular flexibility index (Phi) is 6.56. The quantitative estimate of drug-likeness (QED) is 0.741. The molecule has 6 nitrogen and oxygen atoms in total. The Labute approximate surface area is 183 Å². The van der Waals surface area contributed by atoms with E-state index in [1.165, 1.54) is 0 Å². The van der Waals surface area contributed by atoms with E-state index >= 15 is 0 Å². The molecule has 4 rings (SSSR count). The van der Waals surface area contributed by atoms with Gasteiger partial charge < -0.3 is 19.3 Å². The Bertz CT molecular complexity index is 935. The normalized spacial score (nSPS) is 18.8. The highest BCUT2D eigenvalue weighted by molar-refractivity contribution is 5.96. The van der Waals surface area contributed by atoms with Crippen molar-refractivity contribution < 1.29 is 19.1 Å². The second kappa shape index (κ2) is 9.52. The molecular formula is C25H30N2O4. The molecular weight excluding hydrogens is 392 g/mol. The number of carbonyl (C=O) groups excluding carboxylic acids is 2. The minimum Gasteiger partial charge on any atom is -0.491 e. The van der Waals surface area contributed by atoms with Crippen molar-refractivity contribution in [2.24, 2.45) is 0 Å². The molecule has 2 saturated heterocycles. The van der Waals surface area contributed by atoms with Crippen LogP contribution in [-0.2, 0) is 4.74 Å². The van der Waals surface area contributed by atoms with E-state index in [2.05, 4.69) is 6.07 Å². The third-order valence-corrected chi connectivity index (χ3v) is 6.09. The van der Waals surface area contributed by atoms with Gasteiger partial charge >= 0.3 is 0 Å². The molecule has 0 unspecified atom stereocenters. The summed E-state index contributed by atoms with van der Waals surface area (Å²) in [5, 5.41) is 0. The lowest BCUT2D eigenvalue weighted by Gasteiger charge is -2.27. The lowest BCUT2D eigenvalue weighted by atomic mass is 10.0. The molecule has 6 heteroatoms. The fraction of sp³-hybridized carbons (Fsp3) is 0.440. The standard InChI is InChI=1S/C25H30N2O4/c1-18-5-10-23(19(2)16-18)25(29)27-11-3-4-21(27)17-31-22-8-6-20(7-9-22)24(28)26-12-14-30-15-13-26/h5-10,16,21H,3-4,11-15,17H2,1-2H3/t21-/m1/s1. The van der Waals surface area contributed by atoms with Crippen molar-refractivity contribution in [1.29, 1.82) is 0 Å². The Balaban J connectivity index is 1.36. The Hall–Kier alpha value is -2.86. The van der Waals surface area contributed by atoms with Crippen LogP contribution < -0.4 is 4.74 Å². The molecule has 0 N–H and O–H groups in total. The van der Waals surface area contributed by atoms with Gasteiger partial charge in [-0.2, -0.15) is 0 Å². The van der Waals surface area contributed by atoms with Crippen LogP contribution in [-0.4, -0.2) is 67.1 Å². The first-order valence-electron chi connectivity index (χ1n) is 11.0. The SMILES string of the molecule is Cc1ccc(C(=O)N2CCC[C@@H]2COc2ccc(C(=O)N3CCOCC3)cc2)c(C)c1. The number of amides is 2. The van der Waals surface area contributed by atoms with Crippen molar-refractivity contribution in [1.82, 2.24) is 9.80 Å². The summed E-state index contributed by atoms with van der Waals surface area (Å²) < 4.78 is 11.3. The number of likely N-dealkylation sites (tertiary alicyclic amines) is 1. The van der Waals surface area contributed by atoms with Gasteiger partial charge in [0.2, 0.25) is 0 Å². The molecule has 2 aliphatic heterocycles. The number of aryl methyl sites for hydroxylation is 2. The summed E-state index contributed by atoms with van der Waals surface area (Å²) >= 11 is 0. The molecule has 2 aromatic rings. The summed E-state index contributed by atoms with van der Waals surface area (Å²) in [6.45, 7) is 7.67. The van der Waals surface area contributed by atoms with E-state index in [0.717, 1.165) is 36.1 Å². The van der Waals surface area contributed by atoms with Gasteiger partial charge in [0.25, 0.3) is 11.8 Å². The third kappa shape index (κ3) is 4.90. The topological polar surface area (TPSA) is 59.1 Å². The number of ether oxygens (including phenoxy) is 2. The molecule has 2 amide bonds. The average molecular weight is 423 g/mol. The number of nitrogens with zero attached hydrogens (tertiary/aromatic N) is 2. The molecule has 2 fully saturated rings. The van der Waals surface area contributed by atoms with E-state index in [9.17, 15) is 9.59 Å². The van der Waals surface area contributed by atoms with Crippen molar-refractivity contribution in [3.63, 3.8) is 0 Å². The monoisotopic (exact) mass is 422 g/mol. The number of hydrogen-bond donors (Lipinski definition) is 0. The number of hydrogen-bond acceptors (Lipinski definition) is 4. The fourth-order valence-electron chi connectivity index (χ4n) is 4.32. The van der Waals surface area contributed by atoms with Gasteiger partial charge in [-0.3, -0.25) is 9.59 Å². The van der Waals surface area contributed by atoms with Crippen molar-refractivity contribution in [3.8, 4) is 5.75 Å². The number of morpholine rings is 1. The number of rotatable bonds is 5. The highest BCUT2D eigenvalue weighted by Gasteiger charge is 2.30. The first-order valence-corrected chi connectivity index (χ1v) is 11.0. The van der Waals surface area contributed by atoms with Gasteiger partial charge in [-0.1, -0.05) is 17.7 Å². The summed E-state index contributed by atoms with van der Waals surface area (Å²) in [6, 6.07) is 13.3. The van der Waals surface area contributed by atoms with Crippen LogP contribution in [0.3, 0.4) is 0 Å². The molecule has 2 aromatic carbocycles. The molecule has 0 aliphatic carbocycles. The minimum atomic E-state index is 0.0240. The van der Waals surface area contributed by atoms with Gasteiger partial charge in [0.1, 0.15) is 12.4 Å². The number of carbonyl (C=O) groups is 2. The highest BCUT2D eigenvalue weighted by atomic mass is 16.5. The predicted octanol–water partition coefficient (Wildman–Crippen LogP) is 3.46. The average Bonchev–Trinajstić information content (AvgIpc) is 3.26. The maximum atomic E-state index is 13.1. The molecule has 0 saturated carbocycles. The van der Waals surface area contributed by atoms with Crippen LogP contribution >= 0.6 is 0 Å². The van der Waals surface area contributed by atoms with Crippen molar-refractivity contribution >= 4 is 11.8 Å². The zero-order valence-electron chi connectivity index (χ0n) is 18.3. The number of benzene rings is 2. The van der Waals surface area contributed by atoms with Crippen LogP contribution in [0.1, 0.15) is 44.7 Å². The summed E-state index contributed by atoms with van der Waals surface area (Å²) in [4.78, 5) is 29.4. The van der Waals surface area contributed by atoms with Crippen LogP contribution in [0.5, 0.6) is 5.75 Å². The highest BCUT2D eigenvalue weighted by Crippen LogP contribution is 2.23. The Morgan fingerprint density at radius 2 is 1.74 bits per heavy atom. The van der Waals surface area contributed by atoms with E-state index in [4.69, 9.17) is 9.47 Å². The van der Waals surface area contributed by atoms with Crippen LogP contribution in [0.15, 0.2) is 42.5 Å². The van der Waals surface area contributed by atoms with E-state index < -0.39 is 0 Å². The van der Waals surface area contributed by atoms with E-state index in [1.54, 1.807) is 12.1 Å². The summed E-state index contributed by atoms with van der Waals surface area (Å²) in [6.07, 6.45) is 1.92. The molecule has 1 atom stereocenters. The fourth-order valence-corrected chi connectivity index (χ4v) is 4.32. The molecule has 31 heavy (non-hydrogen) atoms. The van der Waals surface area contributed by atoms with Gasteiger partial charge in [0, 0.05) is 30.8 Å². The maximum Gasteiger partial charge on any atom is 0.254 e. The predicted molar refractivity (Wildman–Crippen MR) is 119 cm³/mol. The zero-order valence-corrected chi connectivity index (χ0v) is 18.3. The van der Waals surface area contributed by atoms with E-state index in [1.807, 2.05) is 47.9 Å². The second-order valence-corrected chi connectivity index (χ2v) is 8.35. The molecule has 2 aliphatic rings. The maximum absolute atomic E-state index is 13.1. The van der Waals surface area contributed by atoms with Gasteiger partial charge in [0.15, 0.2) is 0 Å². The van der Waals surface area contributed by atoms with Gasteiger partial charge in [-0.25, -0.2) is 0 Å². The first kappa shape index (κ1) is 21.4. The van der Waals surface area contributed by atoms with Crippen molar-refractivity contribution in [2.75, 3.05) is 39.5 Å². The second-order valence-electron chi connectivity index (χ2n) is 8.35. The van der Waals surface area contributed by atoms with Gasteiger partial charge in [-0.05, 0) is 62.6 Å². The van der Waals surface area contributed by atoms with Crippen LogP contribution in [0.25, 0.3) is 0 Å². The van der Waals surface area contributed by atoms with Crippen LogP contribution in [0.4, 0.5) is 0 Å². The molecule has 0 spiro atoms. The van der Waals surface area contributed by atoms with Gasteiger partial charge in [0.05, 0.1) is 19.3 Å². The van der Waals surface area contributed by atoms with Crippen LogP contribution in [0, 0.1) is 13.8 Å². The van der Waals surface area contributed by atoms with Crippen molar-refractivity contribution in [3.05, 3.63) is 64.7 Å². The first-order chi connectivity index (χ1) is 15.0. The summed E-state index contributed by atoms with van der Waals surface area (Å²) in [7, 11) is 0. The molecule has 0 bridgehead atoms. The van der Waals surface area contributed by atoms with E-state index in [0.29, 0.717) is 44.2 Å². The van der Waals surface area contributed by atoms with E-state index in [-0.39, 0.29) is 17.9 Å². The smallest absolute Gasteiger partial charge is 0.254 e. The molecule has 0 aromatic heterocycles. The molecule has 0 radical (unpaired) electrons. The minimum absolute atomic E-state index is 0.0240. The molecule has 2 heterocycles. The lowest BCUT2D eigenvalue weighted by molar-refractivity contribution is 0.0303. The third-order valence-electron chi connectivity index (χ3n) is 6.09. The van der Waals surface area contributed by atoms with Crippen LogP contribution in [0.2, 0.25) is 0 Å². The van der Waals surface area contributed by atoms with Crippen molar-refractivity contribution in [2.45, 2.75) is 32.7 Å². The summed E-state index contributed by atoms with van der Waals surface area (Å²) in [5.74, 6) is 0.815. The Morgan fingerprint density at radius 1 is 1.00 bits per heavy atom. The summed E-state index contributed by atoms with van der Waals surface area (Å²) in [5.41, 5.74) is 3.59. The Morgan fingerprint density at radius 3 is 2.45 bits per heavy atom.